The summed E-state index contributed by atoms with van der Waals surface area (Å²) in [6.45, 7) is 8.12. The van der Waals surface area contributed by atoms with E-state index in [1.54, 1.807) is 11.3 Å². The Morgan fingerprint density at radius 2 is 1.70 bits per heavy atom. The van der Waals surface area contributed by atoms with Crippen molar-refractivity contribution >= 4 is 38.4 Å². The van der Waals surface area contributed by atoms with Gasteiger partial charge in [0.2, 0.25) is 0 Å². The van der Waals surface area contributed by atoms with E-state index >= 15 is 0 Å². The first-order chi connectivity index (χ1) is 14.6. The Balaban J connectivity index is 1.26. The van der Waals surface area contributed by atoms with Gasteiger partial charge in [-0.2, -0.15) is 0 Å². The van der Waals surface area contributed by atoms with Crippen LogP contribution in [0.25, 0.3) is 21.1 Å². The van der Waals surface area contributed by atoms with Crippen molar-refractivity contribution in [2.45, 2.75) is 20.4 Å². The Bertz CT molecular complexity index is 1240. The molecular weight excluding hydrogens is 392 g/mol. The van der Waals surface area contributed by atoms with Crippen LogP contribution in [0.4, 0.5) is 0 Å². The molecule has 0 spiro atoms. The number of thiophene rings is 1. The van der Waals surface area contributed by atoms with E-state index in [1.807, 2.05) is 36.9 Å². The molecule has 0 unspecified atom stereocenters. The third kappa shape index (κ3) is 3.57. The maximum atomic E-state index is 13.1. The SMILES string of the molecule is Cc1nc2ccc(C(=O)N3CCN(Cc4csc5ccccc45)CC3)cc2nc1C. The molecule has 0 bridgehead atoms. The fraction of sp³-hybridized carbons (Fsp3) is 0.292. The number of aryl methyl sites for hydroxylation is 2. The van der Waals surface area contributed by atoms with E-state index in [0.29, 0.717) is 5.56 Å². The van der Waals surface area contributed by atoms with Crippen LogP contribution in [0.15, 0.2) is 47.8 Å². The van der Waals surface area contributed by atoms with Crippen molar-refractivity contribution in [2.75, 3.05) is 26.2 Å². The molecule has 2 aromatic carbocycles. The highest BCUT2D eigenvalue weighted by Crippen LogP contribution is 2.27. The molecule has 0 radical (unpaired) electrons. The summed E-state index contributed by atoms with van der Waals surface area (Å²) >= 11 is 1.81. The second-order valence-electron chi connectivity index (χ2n) is 7.92. The molecule has 30 heavy (non-hydrogen) atoms. The van der Waals surface area contributed by atoms with Crippen LogP contribution in [-0.4, -0.2) is 51.9 Å². The zero-order valence-electron chi connectivity index (χ0n) is 17.3. The normalized spacial score (nSPS) is 15.2. The lowest BCUT2D eigenvalue weighted by molar-refractivity contribution is 0.0629. The highest BCUT2D eigenvalue weighted by Gasteiger charge is 2.23. The van der Waals surface area contributed by atoms with E-state index in [9.17, 15) is 4.79 Å². The Hall–Kier alpha value is -2.83. The van der Waals surface area contributed by atoms with Crippen molar-refractivity contribution in [3.8, 4) is 0 Å². The second-order valence-corrected chi connectivity index (χ2v) is 8.83. The van der Waals surface area contributed by atoms with Crippen molar-refractivity contribution in [3.63, 3.8) is 0 Å². The van der Waals surface area contributed by atoms with Crippen LogP contribution < -0.4 is 0 Å². The molecule has 3 heterocycles. The van der Waals surface area contributed by atoms with E-state index in [2.05, 4.69) is 44.5 Å². The third-order valence-electron chi connectivity index (χ3n) is 5.94. The zero-order chi connectivity index (χ0) is 20.7. The first-order valence-electron chi connectivity index (χ1n) is 10.3. The lowest BCUT2D eigenvalue weighted by atomic mass is 10.1. The van der Waals surface area contributed by atoms with Crippen molar-refractivity contribution < 1.29 is 4.79 Å². The first kappa shape index (κ1) is 19.2. The monoisotopic (exact) mass is 416 g/mol. The van der Waals surface area contributed by atoms with Crippen LogP contribution in [0.5, 0.6) is 0 Å². The fourth-order valence-electron chi connectivity index (χ4n) is 4.05. The van der Waals surface area contributed by atoms with Crippen LogP contribution in [-0.2, 0) is 6.54 Å². The average Bonchev–Trinajstić information content (AvgIpc) is 3.17. The molecule has 1 aliphatic heterocycles. The molecule has 2 aromatic heterocycles. The highest BCUT2D eigenvalue weighted by atomic mass is 32.1. The number of aromatic nitrogens is 2. The minimum absolute atomic E-state index is 0.0811. The van der Waals surface area contributed by atoms with Gasteiger partial charge in [0, 0.05) is 43.0 Å². The topological polar surface area (TPSA) is 49.3 Å². The number of fused-ring (bicyclic) bond motifs is 2. The molecule has 6 heteroatoms. The van der Waals surface area contributed by atoms with E-state index in [4.69, 9.17) is 0 Å². The van der Waals surface area contributed by atoms with E-state index < -0.39 is 0 Å². The number of carbonyl (C=O) groups excluding carboxylic acids is 1. The number of hydrogen-bond acceptors (Lipinski definition) is 5. The number of rotatable bonds is 3. The molecule has 0 atom stereocenters. The Morgan fingerprint density at radius 3 is 2.50 bits per heavy atom. The van der Waals surface area contributed by atoms with Gasteiger partial charge < -0.3 is 4.90 Å². The molecule has 1 aliphatic rings. The van der Waals surface area contributed by atoms with Gasteiger partial charge >= 0.3 is 0 Å². The van der Waals surface area contributed by atoms with Gasteiger partial charge in [-0.25, -0.2) is 9.97 Å². The van der Waals surface area contributed by atoms with Crippen molar-refractivity contribution in [3.05, 3.63) is 70.4 Å². The zero-order valence-corrected chi connectivity index (χ0v) is 18.1. The number of amides is 1. The van der Waals surface area contributed by atoms with E-state index in [0.717, 1.165) is 55.1 Å². The summed E-state index contributed by atoms with van der Waals surface area (Å²) in [5, 5.41) is 3.62. The minimum atomic E-state index is 0.0811. The van der Waals surface area contributed by atoms with Crippen LogP contribution in [0.2, 0.25) is 0 Å². The Labute approximate surface area is 180 Å². The summed E-state index contributed by atoms with van der Waals surface area (Å²) < 4.78 is 1.34. The van der Waals surface area contributed by atoms with Crippen LogP contribution in [0.3, 0.4) is 0 Å². The van der Waals surface area contributed by atoms with E-state index in [-0.39, 0.29) is 5.91 Å². The average molecular weight is 417 g/mol. The molecule has 0 saturated carbocycles. The second kappa shape index (κ2) is 7.78. The van der Waals surface area contributed by atoms with Gasteiger partial charge in [0.15, 0.2) is 0 Å². The molecule has 0 N–H and O–H groups in total. The molecule has 1 fully saturated rings. The lowest BCUT2D eigenvalue weighted by Gasteiger charge is -2.34. The number of carbonyl (C=O) groups is 1. The molecule has 4 aromatic rings. The molecular formula is C24H24N4OS. The van der Waals surface area contributed by atoms with Crippen LogP contribution >= 0.6 is 11.3 Å². The molecule has 5 rings (SSSR count). The Kier molecular flexibility index (Phi) is 4.97. The number of hydrogen-bond donors (Lipinski definition) is 0. The molecule has 0 aliphatic carbocycles. The van der Waals surface area contributed by atoms with Gasteiger partial charge in [-0.15, -0.1) is 11.3 Å². The van der Waals surface area contributed by atoms with Crippen LogP contribution in [0.1, 0.15) is 27.3 Å². The predicted molar refractivity (Wildman–Crippen MR) is 122 cm³/mol. The maximum absolute atomic E-state index is 13.1. The molecule has 1 amide bonds. The highest BCUT2D eigenvalue weighted by molar-refractivity contribution is 7.17. The van der Waals surface area contributed by atoms with Crippen molar-refractivity contribution in [1.82, 2.24) is 19.8 Å². The van der Waals surface area contributed by atoms with Crippen molar-refractivity contribution in [1.29, 1.82) is 0 Å². The smallest absolute Gasteiger partial charge is 0.254 e. The standard InChI is InChI=1S/C24H24N4OS/c1-16-17(2)26-22-13-18(7-8-21(22)25-16)24(29)28-11-9-27(10-12-28)14-19-15-30-23-6-4-3-5-20(19)23/h3-8,13,15H,9-12,14H2,1-2H3. The molecule has 5 nitrogen and oxygen atoms in total. The number of nitrogens with zero attached hydrogens (tertiary/aromatic N) is 4. The van der Waals surface area contributed by atoms with Gasteiger partial charge in [0.25, 0.3) is 5.91 Å². The van der Waals surface area contributed by atoms with Gasteiger partial charge in [-0.3, -0.25) is 9.69 Å². The molecule has 152 valence electrons. The fourth-order valence-corrected chi connectivity index (χ4v) is 5.01. The first-order valence-corrected chi connectivity index (χ1v) is 11.2. The van der Waals surface area contributed by atoms with Gasteiger partial charge in [-0.1, -0.05) is 18.2 Å². The minimum Gasteiger partial charge on any atom is -0.336 e. The van der Waals surface area contributed by atoms with Crippen LogP contribution in [0, 0.1) is 13.8 Å². The number of piperazine rings is 1. The summed E-state index contributed by atoms with van der Waals surface area (Å²) in [5.74, 6) is 0.0811. The van der Waals surface area contributed by atoms with Crippen molar-refractivity contribution in [2.24, 2.45) is 0 Å². The predicted octanol–water partition coefficient (Wildman–Crippen LogP) is 4.42. The summed E-state index contributed by atoms with van der Waals surface area (Å²) in [6.07, 6.45) is 0. The third-order valence-corrected chi connectivity index (χ3v) is 6.95. The quantitative estimate of drug-likeness (QED) is 0.496. The summed E-state index contributed by atoms with van der Waals surface area (Å²) in [6, 6.07) is 14.2. The summed E-state index contributed by atoms with van der Waals surface area (Å²) in [4.78, 5) is 26.6. The number of benzene rings is 2. The van der Waals surface area contributed by atoms with Gasteiger partial charge in [0.1, 0.15) is 0 Å². The molecule has 1 saturated heterocycles. The largest absolute Gasteiger partial charge is 0.336 e. The van der Waals surface area contributed by atoms with Gasteiger partial charge in [0.05, 0.1) is 22.4 Å². The maximum Gasteiger partial charge on any atom is 0.254 e. The van der Waals surface area contributed by atoms with E-state index in [1.165, 1.54) is 15.6 Å². The summed E-state index contributed by atoms with van der Waals surface area (Å²) in [7, 11) is 0. The lowest BCUT2D eigenvalue weighted by Crippen LogP contribution is -2.48. The Morgan fingerprint density at radius 1 is 0.967 bits per heavy atom. The van der Waals surface area contributed by atoms with Gasteiger partial charge in [-0.05, 0) is 54.4 Å². The summed E-state index contributed by atoms with van der Waals surface area (Å²) in [5.41, 5.74) is 5.53.